The first-order chi connectivity index (χ1) is 14.8. The number of hydrogen-bond acceptors (Lipinski definition) is 2. The predicted molar refractivity (Wildman–Crippen MR) is 134 cm³/mol. The van der Waals surface area contributed by atoms with Gasteiger partial charge in [-0.1, -0.05) is 90.0 Å². The number of benzene rings is 2. The molecule has 0 saturated carbocycles. The van der Waals surface area contributed by atoms with E-state index in [2.05, 4.69) is 44.0 Å². The maximum absolute atomic E-state index is 5.02. The standard InChI is InChI=1S/C28H40N2/c1-4-7-8-9-10-12-19-28(23-29-26-17-13-11-14-18-26)30-27-21-20-24(15-5-2)25(22-27)16-6-3/h11,13-14,17-18,20-23H,4-10,12,15-16,19H2,1-3H3. The highest BCUT2D eigenvalue weighted by Crippen LogP contribution is 2.22. The van der Waals surface area contributed by atoms with E-state index < -0.39 is 0 Å². The molecule has 0 saturated heterocycles. The molecule has 2 aromatic carbocycles. The molecular formula is C28H40N2. The lowest BCUT2D eigenvalue weighted by Gasteiger charge is -2.10. The van der Waals surface area contributed by atoms with Crippen molar-refractivity contribution in [1.29, 1.82) is 0 Å². The smallest absolute Gasteiger partial charge is 0.0636 e. The van der Waals surface area contributed by atoms with Crippen molar-refractivity contribution in [3.63, 3.8) is 0 Å². The summed E-state index contributed by atoms with van der Waals surface area (Å²) in [5, 5.41) is 0. The zero-order valence-corrected chi connectivity index (χ0v) is 19.4. The van der Waals surface area contributed by atoms with E-state index in [1.54, 1.807) is 0 Å². The van der Waals surface area contributed by atoms with E-state index in [1.807, 2.05) is 36.5 Å². The normalized spacial score (nSPS) is 12.0. The molecule has 0 aromatic heterocycles. The molecule has 0 atom stereocenters. The fraction of sp³-hybridized carbons (Fsp3) is 0.500. The molecule has 0 unspecified atom stereocenters. The Bertz CT molecular complexity index is 774. The first-order valence-corrected chi connectivity index (χ1v) is 12.0. The number of aryl methyl sites for hydroxylation is 2. The second-order valence-electron chi connectivity index (χ2n) is 8.17. The molecule has 0 aliphatic heterocycles. The largest absolute Gasteiger partial charge is 0.255 e. The molecule has 2 nitrogen and oxygen atoms in total. The van der Waals surface area contributed by atoms with Gasteiger partial charge < -0.3 is 0 Å². The van der Waals surface area contributed by atoms with Gasteiger partial charge in [-0.2, -0.15) is 0 Å². The van der Waals surface area contributed by atoms with Crippen LogP contribution < -0.4 is 0 Å². The number of nitrogens with zero attached hydrogens (tertiary/aromatic N) is 2. The van der Waals surface area contributed by atoms with Gasteiger partial charge >= 0.3 is 0 Å². The fourth-order valence-electron chi connectivity index (χ4n) is 3.76. The summed E-state index contributed by atoms with van der Waals surface area (Å²) in [5.41, 5.74) is 6.07. The summed E-state index contributed by atoms with van der Waals surface area (Å²) < 4.78 is 0. The van der Waals surface area contributed by atoms with Gasteiger partial charge in [0.25, 0.3) is 0 Å². The monoisotopic (exact) mass is 404 g/mol. The Morgan fingerprint density at radius 3 is 2.13 bits per heavy atom. The van der Waals surface area contributed by atoms with Crippen LogP contribution in [0.15, 0.2) is 58.5 Å². The van der Waals surface area contributed by atoms with E-state index in [0.29, 0.717) is 0 Å². The minimum Gasteiger partial charge on any atom is -0.255 e. The number of aliphatic imine (C=N–C) groups is 2. The van der Waals surface area contributed by atoms with E-state index in [4.69, 9.17) is 4.99 Å². The lowest BCUT2D eigenvalue weighted by molar-refractivity contribution is 0.616. The third kappa shape index (κ3) is 9.07. The van der Waals surface area contributed by atoms with Crippen molar-refractivity contribution in [2.75, 3.05) is 0 Å². The highest BCUT2D eigenvalue weighted by atomic mass is 14.8. The second-order valence-corrected chi connectivity index (χ2v) is 8.17. The third-order valence-corrected chi connectivity index (χ3v) is 5.41. The lowest BCUT2D eigenvalue weighted by atomic mass is 9.99. The Morgan fingerprint density at radius 2 is 1.40 bits per heavy atom. The van der Waals surface area contributed by atoms with Gasteiger partial charge in [0.2, 0.25) is 0 Å². The summed E-state index contributed by atoms with van der Waals surface area (Å²) in [5.74, 6) is 0. The SMILES string of the molecule is CCCCCCCCC(C=Nc1ccccc1)=Nc1ccc(CCC)c(CCC)c1. The Labute approximate surface area is 184 Å². The van der Waals surface area contributed by atoms with Gasteiger partial charge in [-0.25, -0.2) is 0 Å². The maximum Gasteiger partial charge on any atom is 0.0636 e. The Hall–Kier alpha value is -2.22. The Kier molecular flexibility index (Phi) is 11.8. The van der Waals surface area contributed by atoms with Gasteiger partial charge in [-0.05, 0) is 61.1 Å². The molecule has 2 heteroatoms. The van der Waals surface area contributed by atoms with Crippen molar-refractivity contribution < 1.29 is 0 Å². The van der Waals surface area contributed by atoms with E-state index in [9.17, 15) is 0 Å². The van der Waals surface area contributed by atoms with Crippen LogP contribution in [0, 0.1) is 0 Å². The van der Waals surface area contributed by atoms with Crippen molar-refractivity contribution in [1.82, 2.24) is 0 Å². The average molecular weight is 405 g/mol. The molecule has 2 aromatic rings. The summed E-state index contributed by atoms with van der Waals surface area (Å²) in [6, 6.07) is 16.9. The van der Waals surface area contributed by atoms with Crippen LogP contribution in [-0.4, -0.2) is 11.9 Å². The lowest BCUT2D eigenvalue weighted by Crippen LogP contribution is -2.00. The van der Waals surface area contributed by atoms with Gasteiger partial charge in [0, 0.05) is 6.21 Å². The molecular weight excluding hydrogens is 364 g/mol. The topological polar surface area (TPSA) is 24.7 Å². The first-order valence-electron chi connectivity index (χ1n) is 12.0. The Balaban J connectivity index is 2.15. The van der Waals surface area contributed by atoms with Gasteiger partial charge in [0.15, 0.2) is 0 Å². The molecule has 0 heterocycles. The highest BCUT2D eigenvalue weighted by molar-refractivity contribution is 6.31. The summed E-state index contributed by atoms with van der Waals surface area (Å²) in [6.45, 7) is 6.77. The molecule has 2 rings (SSSR count). The quantitative estimate of drug-likeness (QED) is 0.222. The molecule has 0 spiro atoms. The van der Waals surface area contributed by atoms with Gasteiger partial charge in [0.05, 0.1) is 17.1 Å². The summed E-state index contributed by atoms with van der Waals surface area (Å²) >= 11 is 0. The van der Waals surface area contributed by atoms with E-state index in [0.717, 1.165) is 36.3 Å². The van der Waals surface area contributed by atoms with E-state index in [-0.39, 0.29) is 0 Å². The fourth-order valence-corrected chi connectivity index (χ4v) is 3.76. The first kappa shape index (κ1) is 24.1. The van der Waals surface area contributed by atoms with Gasteiger partial charge in [-0.15, -0.1) is 0 Å². The number of hydrogen-bond donors (Lipinski definition) is 0. The molecule has 0 radical (unpaired) electrons. The minimum atomic E-state index is 0.984. The van der Waals surface area contributed by atoms with Crippen LogP contribution in [0.3, 0.4) is 0 Å². The zero-order chi connectivity index (χ0) is 21.4. The van der Waals surface area contributed by atoms with Crippen molar-refractivity contribution in [2.45, 2.75) is 91.4 Å². The molecule has 0 fully saturated rings. The zero-order valence-electron chi connectivity index (χ0n) is 19.4. The number of rotatable bonds is 14. The average Bonchev–Trinajstić information content (AvgIpc) is 2.77. The summed E-state index contributed by atoms with van der Waals surface area (Å²) in [4.78, 5) is 9.70. The van der Waals surface area contributed by atoms with Crippen molar-refractivity contribution in [3.05, 3.63) is 59.7 Å². The second kappa shape index (κ2) is 14.7. The Morgan fingerprint density at radius 1 is 0.700 bits per heavy atom. The van der Waals surface area contributed by atoms with Crippen molar-refractivity contribution >= 4 is 23.3 Å². The molecule has 162 valence electrons. The van der Waals surface area contributed by atoms with E-state index >= 15 is 0 Å². The molecule has 0 bridgehead atoms. The number of para-hydroxylation sites is 1. The summed E-state index contributed by atoms with van der Waals surface area (Å²) in [7, 11) is 0. The van der Waals surface area contributed by atoms with Crippen LogP contribution in [0.5, 0.6) is 0 Å². The van der Waals surface area contributed by atoms with Crippen LogP contribution in [0.1, 0.15) is 89.7 Å². The van der Waals surface area contributed by atoms with Crippen LogP contribution in [0.2, 0.25) is 0 Å². The van der Waals surface area contributed by atoms with Crippen LogP contribution in [0.25, 0.3) is 0 Å². The molecule has 0 amide bonds. The van der Waals surface area contributed by atoms with Crippen molar-refractivity contribution in [2.24, 2.45) is 9.98 Å². The van der Waals surface area contributed by atoms with Gasteiger partial charge in [-0.3, -0.25) is 9.98 Å². The summed E-state index contributed by atoms with van der Waals surface area (Å²) in [6.07, 6.45) is 15.4. The molecule has 30 heavy (non-hydrogen) atoms. The third-order valence-electron chi connectivity index (χ3n) is 5.41. The van der Waals surface area contributed by atoms with E-state index in [1.165, 1.54) is 62.5 Å². The molecule has 0 aliphatic carbocycles. The number of unbranched alkanes of at least 4 members (excludes halogenated alkanes) is 5. The highest BCUT2D eigenvalue weighted by Gasteiger charge is 2.04. The van der Waals surface area contributed by atoms with Crippen LogP contribution in [-0.2, 0) is 12.8 Å². The van der Waals surface area contributed by atoms with Crippen LogP contribution in [0.4, 0.5) is 11.4 Å². The molecule has 0 aliphatic rings. The molecule has 0 N–H and O–H groups in total. The van der Waals surface area contributed by atoms with Gasteiger partial charge in [0.1, 0.15) is 0 Å². The predicted octanol–water partition coefficient (Wildman–Crippen LogP) is 8.82. The van der Waals surface area contributed by atoms with Crippen LogP contribution >= 0.6 is 0 Å². The maximum atomic E-state index is 5.02. The minimum absolute atomic E-state index is 0.984. The van der Waals surface area contributed by atoms with Crippen molar-refractivity contribution in [3.8, 4) is 0 Å².